The van der Waals surface area contributed by atoms with Gasteiger partial charge in [-0.25, -0.2) is 0 Å². The first-order valence-corrected chi connectivity index (χ1v) is 13.2. The molecule has 0 aliphatic carbocycles. The van der Waals surface area contributed by atoms with Crippen LogP contribution in [0.1, 0.15) is 22.3 Å². The average molecular weight is 438 g/mol. The van der Waals surface area contributed by atoms with Gasteiger partial charge in [0.05, 0.1) is 11.3 Å². The quantitative estimate of drug-likeness (QED) is 0.294. The number of aryl methyl sites for hydroxylation is 2. The second-order valence-corrected chi connectivity index (χ2v) is 12.6. The maximum atomic E-state index is 13.0. The van der Waals surface area contributed by atoms with Gasteiger partial charge in [-0.2, -0.15) is 13.2 Å². The zero-order valence-electron chi connectivity index (χ0n) is 18.2. The number of aliphatic imine (C=N–C) groups is 1. The van der Waals surface area contributed by atoms with Crippen molar-refractivity contribution in [3.8, 4) is 0 Å². The van der Waals surface area contributed by atoms with Crippen LogP contribution in [0.15, 0.2) is 83.5 Å². The summed E-state index contributed by atoms with van der Waals surface area (Å²) in [5.74, 6) is 0. The fraction of sp³-hybridized carbons (Fsp3) is 0.192. The van der Waals surface area contributed by atoms with Crippen LogP contribution in [0, 0.1) is 13.8 Å². The van der Waals surface area contributed by atoms with Gasteiger partial charge in [-0.15, -0.1) is 0 Å². The lowest BCUT2D eigenvalue weighted by Gasteiger charge is -2.20. The van der Waals surface area contributed by atoms with Crippen molar-refractivity contribution in [2.24, 2.45) is 4.99 Å². The number of alkyl halides is 3. The molecule has 0 saturated carbocycles. The standard InChI is InChI=1S/C26H26F3NSi/c1-19-9-8-10-20(2)25(19)30-17-22(18-31(3,4)24-11-6-5-7-12-24)21-13-15-23(16-14-21)26(27,28)29/h5-18H,1-4H3/b22-18-,30-17?. The number of benzene rings is 3. The average Bonchev–Trinajstić information content (AvgIpc) is 2.72. The Bertz CT molecular complexity index is 1080. The van der Waals surface area contributed by atoms with Crippen molar-refractivity contribution in [1.82, 2.24) is 0 Å². The lowest BCUT2D eigenvalue weighted by atomic mass is 10.1. The van der Waals surface area contributed by atoms with Crippen molar-refractivity contribution >= 4 is 30.7 Å². The molecule has 0 bridgehead atoms. The summed E-state index contributed by atoms with van der Waals surface area (Å²) >= 11 is 0. The lowest BCUT2D eigenvalue weighted by Crippen LogP contribution is -2.39. The van der Waals surface area contributed by atoms with Crippen LogP contribution >= 0.6 is 0 Å². The van der Waals surface area contributed by atoms with Gasteiger partial charge in [-0.3, -0.25) is 4.99 Å². The van der Waals surface area contributed by atoms with Crippen molar-refractivity contribution in [2.75, 3.05) is 0 Å². The van der Waals surface area contributed by atoms with Crippen LogP contribution in [0.3, 0.4) is 0 Å². The summed E-state index contributed by atoms with van der Waals surface area (Å²) < 4.78 is 39.1. The highest BCUT2D eigenvalue weighted by Crippen LogP contribution is 2.30. The first kappa shape index (κ1) is 22.8. The fourth-order valence-corrected chi connectivity index (χ4v) is 5.77. The van der Waals surface area contributed by atoms with E-state index >= 15 is 0 Å². The van der Waals surface area contributed by atoms with Gasteiger partial charge in [0.1, 0.15) is 8.07 Å². The van der Waals surface area contributed by atoms with Gasteiger partial charge < -0.3 is 0 Å². The third kappa shape index (κ3) is 5.61. The number of para-hydroxylation sites is 1. The molecule has 0 atom stereocenters. The Morgan fingerprint density at radius 2 is 1.39 bits per heavy atom. The van der Waals surface area contributed by atoms with E-state index in [0.29, 0.717) is 0 Å². The zero-order chi connectivity index (χ0) is 22.6. The fourth-order valence-electron chi connectivity index (χ4n) is 3.53. The molecule has 0 fully saturated rings. The summed E-state index contributed by atoms with van der Waals surface area (Å²) in [5, 5.41) is 1.25. The van der Waals surface area contributed by atoms with Crippen molar-refractivity contribution in [1.29, 1.82) is 0 Å². The van der Waals surface area contributed by atoms with E-state index in [2.05, 4.69) is 30.9 Å². The van der Waals surface area contributed by atoms with Crippen molar-refractivity contribution in [3.63, 3.8) is 0 Å². The predicted octanol–water partition coefficient (Wildman–Crippen LogP) is 7.26. The molecule has 3 aromatic rings. The third-order valence-electron chi connectivity index (χ3n) is 5.35. The number of nitrogens with zero attached hydrogens (tertiary/aromatic N) is 1. The van der Waals surface area contributed by atoms with Crippen LogP contribution in [0.2, 0.25) is 13.1 Å². The number of rotatable bonds is 5. The normalized spacial score (nSPS) is 13.1. The summed E-state index contributed by atoms with van der Waals surface area (Å²) in [6.45, 7) is 8.45. The molecule has 31 heavy (non-hydrogen) atoms. The highest BCUT2D eigenvalue weighted by Gasteiger charge is 2.30. The van der Waals surface area contributed by atoms with E-state index in [-0.39, 0.29) is 0 Å². The molecule has 0 heterocycles. The van der Waals surface area contributed by atoms with E-state index in [4.69, 9.17) is 4.99 Å². The van der Waals surface area contributed by atoms with Gasteiger partial charge in [-0.05, 0) is 48.2 Å². The molecule has 0 radical (unpaired) electrons. The SMILES string of the molecule is Cc1cccc(C)c1N=C/C(=C/[Si](C)(C)c1ccccc1)c1ccc(C(F)(F)F)cc1. The van der Waals surface area contributed by atoms with Crippen LogP contribution in [-0.4, -0.2) is 14.3 Å². The maximum Gasteiger partial charge on any atom is 0.416 e. The molecule has 0 spiro atoms. The molecule has 5 heteroatoms. The van der Waals surface area contributed by atoms with Gasteiger partial charge in [-0.1, -0.05) is 84.6 Å². The van der Waals surface area contributed by atoms with E-state index in [1.807, 2.05) is 50.2 Å². The maximum absolute atomic E-state index is 13.0. The molecule has 0 aromatic heterocycles. The molecular weight excluding hydrogens is 411 g/mol. The van der Waals surface area contributed by atoms with Gasteiger partial charge in [0.25, 0.3) is 0 Å². The Labute approximate surface area is 183 Å². The van der Waals surface area contributed by atoms with Gasteiger partial charge in [0.15, 0.2) is 0 Å². The Balaban J connectivity index is 2.09. The third-order valence-corrected chi connectivity index (χ3v) is 8.21. The molecule has 0 N–H and O–H groups in total. The molecule has 160 valence electrons. The first-order valence-electron chi connectivity index (χ1n) is 10.1. The molecular formula is C26H26F3NSi. The van der Waals surface area contributed by atoms with Crippen LogP contribution in [0.25, 0.3) is 5.57 Å². The number of halogens is 3. The van der Waals surface area contributed by atoms with Gasteiger partial charge >= 0.3 is 6.18 Å². The molecule has 0 amide bonds. The summed E-state index contributed by atoms with van der Waals surface area (Å²) in [6.07, 6.45) is -2.57. The summed E-state index contributed by atoms with van der Waals surface area (Å²) in [6, 6.07) is 21.5. The van der Waals surface area contributed by atoms with Crippen molar-refractivity contribution in [2.45, 2.75) is 33.1 Å². The Morgan fingerprint density at radius 1 is 0.806 bits per heavy atom. The molecule has 1 nitrogen and oxygen atoms in total. The summed E-state index contributed by atoms with van der Waals surface area (Å²) in [5.41, 5.74) is 6.10. The van der Waals surface area contributed by atoms with Gasteiger partial charge in [0, 0.05) is 6.21 Å². The minimum absolute atomic E-state index is 0.651. The zero-order valence-corrected chi connectivity index (χ0v) is 19.2. The lowest BCUT2D eigenvalue weighted by molar-refractivity contribution is -0.137. The highest BCUT2D eigenvalue weighted by molar-refractivity contribution is 6.94. The Hall–Kier alpha value is -2.92. The molecule has 0 saturated heterocycles. The second kappa shape index (κ2) is 9.06. The topological polar surface area (TPSA) is 12.4 Å². The molecule has 0 unspecified atom stereocenters. The van der Waals surface area contributed by atoms with Crippen LogP contribution in [0.4, 0.5) is 18.9 Å². The van der Waals surface area contributed by atoms with Crippen molar-refractivity contribution in [3.05, 3.63) is 101 Å². The predicted molar refractivity (Wildman–Crippen MR) is 127 cm³/mol. The van der Waals surface area contributed by atoms with Gasteiger partial charge in [0.2, 0.25) is 0 Å². The minimum Gasteiger partial charge on any atom is -0.256 e. The number of hydrogen-bond donors (Lipinski definition) is 0. The number of hydrogen-bond acceptors (Lipinski definition) is 1. The minimum atomic E-state index is -4.35. The first-order chi connectivity index (χ1) is 14.6. The summed E-state index contributed by atoms with van der Waals surface area (Å²) in [7, 11) is -2.02. The van der Waals surface area contributed by atoms with E-state index in [0.717, 1.165) is 40.1 Å². The number of allylic oxidation sites excluding steroid dienone is 1. The second-order valence-electron chi connectivity index (χ2n) is 8.26. The smallest absolute Gasteiger partial charge is 0.256 e. The molecule has 3 rings (SSSR count). The van der Waals surface area contributed by atoms with Crippen LogP contribution < -0.4 is 5.19 Å². The van der Waals surface area contributed by atoms with Crippen LogP contribution in [0.5, 0.6) is 0 Å². The van der Waals surface area contributed by atoms with E-state index in [1.165, 1.54) is 17.3 Å². The largest absolute Gasteiger partial charge is 0.416 e. The monoisotopic (exact) mass is 437 g/mol. The van der Waals surface area contributed by atoms with E-state index < -0.39 is 19.8 Å². The molecule has 3 aromatic carbocycles. The summed E-state index contributed by atoms with van der Waals surface area (Å²) in [4.78, 5) is 4.74. The highest BCUT2D eigenvalue weighted by atomic mass is 28.3. The van der Waals surface area contributed by atoms with E-state index in [1.54, 1.807) is 6.21 Å². The molecule has 0 aliphatic rings. The Kier molecular flexibility index (Phi) is 6.65. The van der Waals surface area contributed by atoms with Crippen LogP contribution in [-0.2, 0) is 6.18 Å². The van der Waals surface area contributed by atoms with Crippen molar-refractivity contribution < 1.29 is 13.2 Å². The Morgan fingerprint density at radius 3 is 1.94 bits per heavy atom. The molecule has 0 aliphatic heterocycles. The van der Waals surface area contributed by atoms with E-state index in [9.17, 15) is 13.2 Å².